The molecule has 1 atom stereocenters. The summed E-state index contributed by atoms with van der Waals surface area (Å²) >= 11 is 0. The second-order valence-electron chi connectivity index (χ2n) is 7.70. The molecule has 158 valence electrons. The normalized spacial score (nSPS) is 17.1. The van der Waals surface area contributed by atoms with Crippen LogP contribution in [0.5, 0.6) is 0 Å². The van der Waals surface area contributed by atoms with Crippen LogP contribution in [0.25, 0.3) is 0 Å². The highest BCUT2D eigenvalue weighted by Gasteiger charge is 2.23. The number of nitrogens with one attached hydrogen (secondary N) is 2. The summed E-state index contributed by atoms with van der Waals surface area (Å²) in [7, 11) is 3.54. The molecule has 2 N–H and O–H groups in total. The number of benzene rings is 1. The van der Waals surface area contributed by atoms with Gasteiger partial charge in [0.25, 0.3) is 0 Å². The fraction of sp³-hybridized carbons (Fsp3) is 0.545. The molecule has 0 bridgehead atoms. The van der Waals surface area contributed by atoms with Crippen LogP contribution in [-0.2, 0) is 17.8 Å². The molecule has 7 heteroatoms. The first-order chi connectivity index (χ1) is 14.0. The zero-order chi connectivity index (χ0) is 20.8. The van der Waals surface area contributed by atoms with Crippen LogP contribution in [-0.4, -0.2) is 55.6 Å². The second-order valence-corrected chi connectivity index (χ2v) is 7.70. The summed E-state index contributed by atoms with van der Waals surface area (Å²) in [6.45, 7) is 10.5. The minimum atomic E-state index is 0.383. The number of aryl methyl sites for hydroxylation is 2. The van der Waals surface area contributed by atoms with Gasteiger partial charge in [-0.3, -0.25) is 9.67 Å². The summed E-state index contributed by atoms with van der Waals surface area (Å²) in [4.78, 5) is 6.85. The Kier molecular flexibility index (Phi) is 7.14. The molecule has 7 nitrogen and oxygen atoms in total. The molecule has 1 aliphatic heterocycles. The van der Waals surface area contributed by atoms with Gasteiger partial charge in [-0.05, 0) is 39.3 Å². The van der Waals surface area contributed by atoms with Crippen molar-refractivity contribution in [3.63, 3.8) is 0 Å². The number of hydrogen-bond donors (Lipinski definition) is 2. The van der Waals surface area contributed by atoms with Crippen molar-refractivity contribution in [2.24, 2.45) is 4.99 Å². The highest BCUT2D eigenvalue weighted by molar-refractivity contribution is 5.80. The van der Waals surface area contributed by atoms with Gasteiger partial charge in [0, 0.05) is 56.8 Å². The average molecular weight is 399 g/mol. The second kappa shape index (κ2) is 9.78. The number of hydrogen-bond acceptors (Lipinski definition) is 4. The van der Waals surface area contributed by atoms with E-state index in [0.29, 0.717) is 19.2 Å². The van der Waals surface area contributed by atoms with E-state index >= 15 is 0 Å². The topological polar surface area (TPSA) is 66.7 Å². The molecular formula is C22H34N6O. The molecule has 2 aromatic rings. The molecule has 0 radical (unpaired) electrons. The zero-order valence-corrected chi connectivity index (χ0v) is 18.3. The van der Waals surface area contributed by atoms with Crippen LogP contribution in [0, 0.1) is 20.8 Å². The van der Waals surface area contributed by atoms with Gasteiger partial charge in [0.15, 0.2) is 5.96 Å². The Morgan fingerprint density at radius 2 is 2.00 bits per heavy atom. The maximum atomic E-state index is 5.18. The summed E-state index contributed by atoms with van der Waals surface area (Å²) in [6, 6.07) is 9.14. The number of anilines is 1. The lowest BCUT2D eigenvalue weighted by molar-refractivity contribution is 0.182. The van der Waals surface area contributed by atoms with Crippen molar-refractivity contribution in [3.8, 4) is 0 Å². The molecule has 3 rings (SSSR count). The van der Waals surface area contributed by atoms with E-state index < -0.39 is 0 Å². The third-order valence-corrected chi connectivity index (χ3v) is 5.62. The minimum absolute atomic E-state index is 0.383. The van der Waals surface area contributed by atoms with E-state index in [1.807, 2.05) is 11.7 Å². The maximum absolute atomic E-state index is 5.18. The number of rotatable bonds is 7. The van der Waals surface area contributed by atoms with Crippen LogP contribution in [0.15, 0.2) is 29.3 Å². The molecule has 2 heterocycles. The lowest BCUT2D eigenvalue weighted by atomic mass is 10.2. The molecule has 0 amide bonds. The molecule has 1 aromatic carbocycles. The quantitative estimate of drug-likeness (QED) is 0.554. The predicted molar refractivity (Wildman–Crippen MR) is 119 cm³/mol. The molecule has 1 saturated heterocycles. The first-order valence-electron chi connectivity index (χ1n) is 10.3. The Bertz CT molecular complexity index is 827. The lowest BCUT2D eigenvalue weighted by Crippen LogP contribution is -2.44. The smallest absolute Gasteiger partial charge is 0.191 e. The van der Waals surface area contributed by atoms with Gasteiger partial charge in [0.1, 0.15) is 0 Å². The SMILES string of the molecule is CN=C(NCc1c(C)nn(CCOC)c1C)NC1CCN(c2ccc(C)cc2)C1. The molecule has 0 aliphatic carbocycles. The molecule has 0 spiro atoms. The number of guanidine groups is 1. The number of nitrogens with zero attached hydrogens (tertiary/aromatic N) is 4. The molecule has 0 saturated carbocycles. The molecule has 1 unspecified atom stereocenters. The number of methoxy groups -OCH3 is 1. The van der Waals surface area contributed by atoms with Gasteiger partial charge >= 0.3 is 0 Å². The van der Waals surface area contributed by atoms with Gasteiger partial charge in [-0.2, -0.15) is 5.10 Å². The van der Waals surface area contributed by atoms with Gasteiger partial charge in [0.2, 0.25) is 0 Å². The van der Waals surface area contributed by atoms with Crippen LogP contribution in [0.2, 0.25) is 0 Å². The van der Waals surface area contributed by atoms with Crippen molar-refractivity contribution >= 4 is 11.6 Å². The summed E-state index contributed by atoms with van der Waals surface area (Å²) in [6.07, 6.45) is 1.10. The van der Waals surface area contributed by atoms with Crippen LogP contribution in [0.1, 0.15) is 28.9 Å². The van der Waals surface area contributed by atoms with E-state index in [0.717, 1.165) is 37.7 Å². The van der Waals surface area contributed by atoms with E-state index in [9.17, 15) is 0 Å². The molecule has 1 aliphatic rings. The standard InChI is InChI=1S/C22H34N6O/c1-16-6-8-20(9-7-16)27-11-10-19(15-27)25-22(23-4)24-14-21-17(2)26-28(18(21)3)12-13-29-5/h6-9,19H,10-15H2,1-5H3,(H2,23,24,25). The summed E-state index contributed by atoms with van der Waals surface area (Å²) in [5.41, 5.74) is 6.03. The summed E-state index contributed by atoms with van der Waals surface area (Å²) < 4.78 is 7.19. The number of ether oxygens (including phenoxy) is 1. The van der Waals surface area contributed by atoms with Crippen molar-refractivity contribution in [2.75, 3.05) is 38.8 Å². The molecule has 1 aromatic heterocycles. The third kappa shape index (κ3) is 5.29. The first kappa shape index (κ1) is 21.2. The Morgan fingerprint density at radius 3 is 2.69 bits per heavy atom. The Morgan fingerprint density at radius 1 is 1.24 bits per heavy atom. The van der Waals surface area contributed by atoms with Crippen LogP contribution in [0.4, 0.5) is 5.69 Å². The van der Waals surface area contributed by atoms with Crippen LogP contribution in [0.3, 0.4) is 0 Å². The molecular weight excluding hydrogens is 364 g/mol. The minimum Gasteiger partial charge on any atom is -0.383 e. The first-order valence-corrected chi connectivity index (χ1v) is 10.3. The van der Waals surface area contributed by atoms with Crippen molar-refractivity contribution in [3.05, 3.63) is 46.8 Å². The molecule has 1 fully saturated rings. The Hall–Kier alpha value is -2.54. The average Bonchev–Trinajstić information content (AvgIpc) is 3.29. The van der Waals surface area contributed by atoms with E-state index in [-0.39, 0.29) is 0 Å². The Balaban J connectivity index is 1.54. The van der Waals surface area contributed by atoms with Crippen LogP contribution >= 0.6 is 0 Å². The predicted octanol–water partition coefficient (Wildman–Crippen LogP) is 2.40. The number of aromatic nitrogens is 2. The third-order valence-electron chi connectivity index (χ3n) is 5.62. The van der Waals surface area contributed by atoms with Gasteiger partial charge in [-0.25, -0.2) is 0 Å². The zero-order valence-electron chi connectivity index (χ0n) is 18.3. The summed E-state index contributed by atoms with van der Waals surface area (Å²) in [5, 5.41) is 11.7. The maximum Gasteiger partial charge on any atom is 0.191 e. The van der Waals surface area contributed by atoms with Gasteiger partial charge < -0.3 is 20.3 Å². The largest absolute Gasteiger partial charge is 0.383 e. The van der Waals surface area contributed by atoms with E-state index in [1.54, 1.807) is 7.11 Å². The monoisotopic (exact) mass is 398 g/mol. The Labute approximate surface area is 174 Å². The van der Waals surface area contributed by atoms with Gasteiger partial charge in [0.05, 0.1) is 18.8 Å². The van der Waals surface area contributed by atoms with Crippen molar-refractivity contribution in [1.82, 2.24) is 20.4 Å². The molecule has 29 heavy (non-hydrogen) atoms. The fourth-order valence-corrected chi connectivity index (χ4v) is 3.81. The fourth-order valence-electron chi connectivity index (χ4n) is 3.81. The van der Waals surface area contributed by atoms with E-state index in [1.165, 1.54) is 22.5 Å². The van der Waals surface area contributed by atoms with Gasteiger partial charge in [-0.15, -0.1) is 0 Å². The summed E-state index contributed by atoms with van der Waals surface area (Å²) in [5.74, 6) is 0.837. The van der Waals surface area contributed by atoms with Crippen molar-refractivity contribution < 1.29 is 4.74 Å². The van der Waals surface area contributed by atoms with Crippen molar-refractivity contribution in [2.45, 2.75) is 46.3 Å². The lowest BCUT2D eigenvalue weighted by Gasteiger charge is -2.20. The highest BCUT2D eigenvalue weighted by Crippen LogP contribution is 2.20. The van der Waals surface area contributed by atoms with Crippen LogP contribution < -0.4 is 15.5 Å². The highest BCUT2D eigenvalue weighted by atomic mass is 16.5. The van der Waals surface area contributed by atoms with Crippen molar-refractivity contribution in [1.29, 1.82) is 0 Å². The van der Waals surface area contributed by atoms with E-state index in [4.69, 9.17) is 4.74 Å². The van der Waals surface area contributed by atoms with Gasteiger partial charge in [-0.1, -0.05) is 17.7 Å². The number of aliphatic imine (C=N–C) groups is 1. The van der Waals surface area contributed by atoms with E-state index in [2.05, 4.69) is 70.7 Å².